The van der Waals surface area contributed by atoms with Crippen LogP contribution >= 0.6 is 0 Å². The molecule has 4 heterocycles. The molecule has 2 aliphatic rings. The molecule has 1 unspecified atom stereocenters. The maximum atomic E-state index is 13.2. The predicted molar refractivity (Wildman–Crippen MR) is 197 cm³/mol. The van der Waals surface area contributed by atoms with E-state index in [9.17, 15) is 32.3 Å². The number of nitrogens with zero attached hydrogens (tertiary/aromatic N) is 6. The molecule has 16 heteroatoms. The number of halogens is 3. The van der Waals surface area contributed by atoms with Crippen LogP contribution in [-0.4, -0.2) is 73.8 Å². The number of benzene rings is 2. The van der Waals surface area contributed by atoms with E-state index in [0.717, 1.165) is 49.7 Å². The van der Waals surface area contributed by atoms with E-state index in [2.05, 4.69) is 32.4 Å². The SMILES string of the molecule is COc1cc2nn([C@H]3CC[C@H](CN(C)CC#Cc4cccc5c4n(C)c(=O)n5C4CCC(=O)NC4=O)CC3)cc2cc1NC(=O)c1cccc(C(F)(F)F)n1. The molecule has 286 valence electrons. The summed E-state index contributed by atoms with van der Waals surface area (Å²) in [6.07, 6.45) is 1.48. The van der Waals surface area contributed by atoms with E-state index in [1.807, 2.05) is 30.1 Å². The highest BCUT2D eigenvalue weighted by Crippen LogP contribution is 2.36. The second-order valence-electron chi connectivity index (χ2n) is 14.1. The van der Waals surface area contributed by atoms with Gasteiger partial charge in [-0.25, -0.2) is 9.78 Å². The summed E-state index contributed by atoms with van der Waals surface area (Å²) in [5.41, 5.74) is 1.02. The number of rotatable bonds is 8. The van der Waals surface area contributed by atoms with E-state index in [1.54, 1.807) is 25.2 Å². The molecule has 7 rings (SSSR count). The molecule has 0 bridgehead atoms. The quantitative estimate of drug-likeness (QED) is 0.165. The van der Waals surface area contributed by atoms with Gasteiger partial charge in [0.05, 0.1) is 47.5 Å². The standard InChI is InChI=1S/C39H39F3N8O5/c1-47(18-6-8-24-7-4-10-30-35(24)48(2)38(54)50(30)31-16-17-34(51)45-37(31)53)21-23-12-14-26(15-13-23)49-22-25-19-29(32(55-3)20-28(25)46-49)44-36(52)27-9-5-11-33(43-27)39(40,41)42/h4-5,7,9-11,19-20,22-23,26,31H,12-18,21H2,1-3H3,(H,44,52)(H,45,51,53)/t23-,26-,31?. The summed E-state index contributed by atoms with van der Waals surface area (Å²) in [7, 11) is 5.13. The fraction of sp³-hybridized carbons (Fsp3) is 0.385. The summed E-state index contributed by atoms with van der Waals surface area (Å²) in [6, 6.07) is 11.4. The smallest absolute Gasteiger partial charge is 0.433 e. The highest BCUT2D eigenvalue weighted by molar-refractivity contribution is 6.05. The minimum atomic E-state index is -4.68. The van der Waals surface area contributed by atoms with E-state index < -0.39 is 29.7 Å². The lowest BCUT2D eigenvalue weighted by atomic mass is 9.86. The number of para-hydroxylation sites is 1. The summed E-state index contributed by atoms with van der Waals surface area (Å²) < 4.78 is 49.8. The average molecular weight is 757 g/mol. The predicted octanol–water partition coefficient (Wildman–Crippen LogP) is 5.06. The largest absolute Gasteiger partial charge is 0.494 e. The number of pyridine rings is 1. The van der Waals surface area contributed by atoms with Gasteiger partial charge in [-0.2, -0.15) is 18.3 Å². The molecule has 55 heavy (non-hydrogen) atoms. The Hall–Kier alpha value is -5.95. The second-order valence-corrected chi connectivity index (χ2v) is 14.1. The summed E-state index contributed by atoms with van der Waals surface area (Å²) in [4.78, 5) is 56.0. The Morgan fingerprint density at radius 1 is 1.07 bits per heavy atom. The number of alkyl halides is 3. The number of aromatic nitrogens is 5. The molecule has 2 aromatic carbocycles. The van der Waals surface area contributed by atoms with Crippen molar-refractivity contribution in [1.29, 1.82) is 0 Å². The minimum absolute atomic E-state index is 0.170. The van der Waals surface area contributed by atoms with Crippen LogP contribution < -0.4 is 21.1 Å². The number of piperidine rings is 1. The summed E-state index contributed by atoms with van der Waals surface area (Å²) in [5.74, 6) is 5.65. The third kappa shape index (κ3) is 7.70. The maximum Gasteiger partial charge on any atom is 0.433 e. The number of aryl methyl sites for hydroxylation is 1. The zero-order chi connectivity index (χ0) is 39.0. The van der Waals surface area contributed by atoms with Crippen molar-refractivity contribution in [1.82, 2.24) is 34.1 Å². The summed E-state index contributed by atoms with van der Waals surface area (Å²) >= 11 is 0. The number of methoxy groups -OCH3 is 1. The molecule has 0 spiro atoms. The third-order valence-electron chi connectivity index (χ3n) is 10.3. The van der Waals surface area contributed by atoms with Crippen molar-refractivity contribution < 1.29 is 32.3 Å². The summed E-state index contributed by atoms with van der Waals surface area (Å²) in [6.45, 7) is 1.38. The van der Waals surface area contributed by atoms with Crippen molar-refractivity contribution in [2.45, 2.75) is 56.8 Å². The number of carbonyl (C=O) groups is 3. The fourth-order valence-corrected chi connectivity index (χ4v) is 7.57. The van der Waals surface area contributed by atoms with Crippen LogP contribution in [0, 0.1) is 17.8 Å². The molecule has 5 aromatic rings. The van der Waals surface area contributed by atoms with Crippen molar-refractivity contribution in [3.8, 4) is 17.6 Å². The number of hydrogen-bond acceptors (Lipinski definition) is 8. The first-order valence-corrected chi connectivity index (χ1v) is 17.9. The first-order chi connectivity index (χ1) is 26.3. The lowest BCUT2D eigenvalue weighted by Gasteiger charge is -2.30. The lowest BCUT2D eigenvalue weighted by molar-refractivity contribution is -0.141. The normalized spacial score (nSPS) is 19.0. The minimum Gasteiger partial charge on any atom is -0.494 e. The second kappa shape index (κ2) is 15.1. The van der Waals surface area contributed by atoms with Gasteiger partial charge in [-0.05, 0) is 75.4 Å². The van der Waals surface area contributed by atoms with Gasteiger partial charge in [0.25, 0.3) is 5.91 Å². The molecule has 2 N–H and O–H groups in total. The van der Waals surface area contributed by atoms with Gasteiger partial charge >= 0.3 is 11.9 Å². The molecule has 13 nitrogen and oxygen atoms in total. The molecule has 1 saturated carbocycles. The number of anilines is 1. The number of imide groups is 1. The van der Waals surface area contributed by atoms with Crippen LogP contribution in [-0.2, 0) is 22.8 Å². The number of fused-ring (bicyclic) bond motifs is 2. The Morgan fingerprint density at radius 2 is 1.84 bits per heavy atom. The Morgan fingerprint density at radius 3 is 2.56 bits per heavy atom. The Labute approximate surface area is 313 Å². The maximum absolute atomic E-state index is 13.2. The van der Waals surface area contributed by atoms with Crippen LogP contribution in [0.4, 0.5) is 18.9 Å². The van der Waals surface area contributed by atoms with Gasteiger partial charge in [0.1, 0.15) is 23.2 Å². The monoisotopic (exact) mass is 756 g/mol. The van der Waals surface area contributed by atoms with Crippen LogP contribution in [0.1, 0.15) is 72.4 Å². The van der Waals surface area contributed by atoms with Crippen LogP contribution in [0.3, 0.4) is 0 Å². The molecule has 1 aliphatic heterocycles. The zero-order valence-corrected chi connectivity index (χ0v) is 30.4. The van der Waals surface area contributed by atoms with E-state index in [1.165, 1.54) is 22.3 Å². The zero-order valence-electron chi connectivity index (χ0n) is 30.4. The topological polar surface area (TPSA) is 145 Å². The van der Waals surface area contributed by atoms with E-state index in [-0.39, 0.29) is 36.2 Å². The highest BCUT2D eigenvalue weighted by Gasteiger charge is 2.34. The average Bonchev–Trinajstić information content (AvgIpc) is 3.68. The third-order valence-corrected chi connectivity index (χ3v) is 10.3. The number of carbonyl (C=O) groups excluding carboxylic acids is 3. The van der Waals surface area contributed by atoms with Crippen LogP contribution in [0.2, 0.25) is 0 Å². The first-order valence-electron chi connectivity index (χ1n) is 17.9. The lowest BCUT2D eigenvalue weighted by Crippen LogP contribution is -2.44. The Bertz CT molecular complexity index is 2430. The molecule has 0 radical (unpaired) electrons. The van der Waals surface area contributed by atoms with Gasteiger partial charge in [0.2, 0.25) is 11.8 Å². The number of amides is 3. The van der Waals surface area contributed by atoms with Crippen LogP contribution in [0.15, 0.2) is 59.5 Å². The molecule has 1 saturated heterocycles. The number of nitrogens with one attached hydrogen (secondary N) is 2. The van der Waals surface area contributed by atoms with Gasteiger partial charge < -0.3 is 10.1 Å². The molecular weight excluding hydrogens is 717 g/mol. The molecule has 1 aliphatic carbocycles. The van der Waals surface area contributed by atoms with Crippen molar-refractivity contribution in [2.75, 3.05) is 32.6 Å². The van der Waals surface area contributed by atoms with Gasteiger partial charge in [-0.15, -0.1) is 0 Å². The Balaban J connectivity index is 0.965. The van der Waals surface area contributed by atoms with Crippen molar-refractivity contribution in [3.63, 3.8) is 0 Å². The number of hydrogen-bond donors (Lipinski definition) is 2. The van der Waals surface area contributed by atoms with Gasteiger partial charge in [-0.1, -0.05) is 24.0 Å². The Kier molecular flexibility index (Phi) is 10.2. The van der Waals surface area contributed by atoms with Gasteiger partial charge in [0, 0.05) is 37.7 Å². The number of imidazole rings is 1. The summed E-state index contributed by atoms with van der Waals surface area (Å²) in [5, 5.41) is 10.5. The molecule has 1 atom stereocenters. The molecule has 2 fully saturated rings. The van der Waals surface area contributed by atoms with Crippen LogP contribution in [0.5, 0.6) is 5.75 Å². The van der Waals surface area contributed by atoms with Gasteiger partial charge in [0.15, 0.2) is 0 Å². The van der Waals surface area contributed by atoms with Crippen molar-refractivity contribution in [2.24, 2.45) is 13.0 Å². The van der Waals surface area contributed by atoms with Gasteiger partial charge in [-0.3, -0.25) is 38.4 Å². The first kappa shape index (κ1) is 37.4. The molecule has 3 amide bonds. The van der Waals surface area contributed by atoms with Crippen molar-refractivity contribution in [3.05, 3.63) is 82.2 Å². The number of ether oxygens (including phenoxy) is 1. The molecule has 3 aromatic heterocycles. The highest BCUT2D eigenvalue weighted by atomic mass is 19.4. The van der Waals surface area contributed by atoms with E-state index in [4.69, 9.17) is 9.84 Å². The fourth-order valence-electron chi connectivity index (χ4n) is 7.57. The molecular formula is C39H39F3N8O5. The van der Waals surface area contributed by atoms with Crippen molar-refractivity contribution >= 4 is 45.3 Å². The van der Waals surface area contributed by atoms with Crippen LogP contribution in [0.25, 0.3) is 21.9 Å². The van der Waals surface area contributed by atoms with E-state index in [0.29, 0.717) is 46.0 Å². The van der Waals surface area contributed by atoms with E-state index >= 15 is 0 Å².